The molecule has 0 radical (unpaired) electrons. The third-order valence-corrected chi connectivity index (χ3v) is 5.94. The van der Waals surface area contributed by atoms with Crippen LogP contribution in [0.25, 0.3) is 6.08 Å². The highest BCUT2D eigenvalue weighted by atomic mass is 32.2. The van der Waals surface area contributed by atoms with Crippen LogP contribution in [0.2, 0.25) is 0 Å². The quantitative estimate of drug-likeness (QED) is 0.817. The zero-order chi connectivity index (χ0) is 19.9. The molecule has 1 amide bonds. The summed E-state index contributed by atoms with van der Waals surface area (Å²) in [6.07, 6.45) is 3.40. The van der Waals surface area contributed by atoms with E-state index in [-0.39, 0.29) is 22.3 Å². The van der Waals surface area contributed by atoms with Crippen LogP contribution < -0.4 is 10.0 Å². The molecule has 27 heavy (non-hydrogen) atoms. The molecule has 0 spiro atoms. The lowest BCUT2D eigenvalue weighted by Gasteiger charge is -2.10. The Balaban J connectivity index is 2.03. The lowest BCUT2D eigenvalue weighted by atomic mass is 10.2. The summed E-state index contributed by atoms with van der Waals surface area (Å²) in [5.41, 5.74) is 0.937. The molecule has 0 fully saturated rings. The van der Waals surface area contributed by atoms with Crippen molar-refractivity contribution in [1.82, 2.24) is 9.29 Å². The zero-order valence-corrected chi connectivity index (χ0v) is 15.8. The van der Waals surface area contributed by atoms with Crippen LogP contribution in [0.4, 0.5) is 14.5 Å². The Morgan fingerprint density at radius 1 is 1.22 bits per heavy atom. The number of halogens is 2. The SMILES string of the molecule is Cc1c(S(=O)(=O)NC(C)C)c2n(c1C(=O)Nc1ccc(F)c(F)c1)CC=C2. The van der Waals surface area contributed by atoms with E-state index < -0.39 is 27.6 Å². The van der Waals surface area contributed by atoms with Crippen molar-refractivity contribution in [2.75, 3.05) is 5.32 Å². The monoisotopic (exact) mass is 395 g/mol. The summed E-state index contributed by atoms with van der Waals surface area (Å²) in [7, 11) is -3.83. The molecule has 9 heteroatoms. The summed E-state index contributed by atoms with van der Waals surface area (Å²) in [4.78, 5) is 12.8. The highest BCUT2D eigenvalue weighted by Gasteiger charge is 2.32. The Morgan fingerprint density at radius 2 is 1.93 bits per heavy atom. The van der Waals surface area contributed by atoms with E-state index in [1.165, 1.54) is 6.07 Å². The molecule has 1 aliphatic heterocycles. The molecule has 1 aliphatic rings. The van der Waals surface area contributed by atoms with E-state index in [4.69, 9.17) is 0 Å². The Bertz CT molecular complexity index is 1060. The van der Waals surface area contributed by atoms with E-state index in [0.29, 0.717) is 17.8 Å². The van der Waals surface area contributed by atoms with E-state index in [1.807, 2.05) is 0 Å². The van der Waals surface area contributed by atoms with Crippen molar-refractivity contribution in [3.63, 3.8) is 0 Å². The molecule has 2 aromatic rings. The average Bonchev–Trinajstić information content (AvgIpc) is 3.08. The maximum absolute atomic E-state index is 13.4. The number of nitrogens with zero attached hydrogens (tertiary/aromatic N) is 1. The lowest BCUT2D eigenvalue weighted by Crippen LogP contribution is -2.31. The number of carbonyl (C=O) groups is 1. The second kappa shape index (κ2) is 6.90. The van der Waals surface area contributed by atoms with Gasteiger partial charge in [0.2, 0.25) is 10.0 Å². The summed E-state index contributed by atoms with van der Waals surface area (Å²) in [5.74, 6) is -2.71. The molecule has 2 N–H and O–H groups in total. The standard InChI is InChI=1S/C18H19F2N3O3S/c1-10(2)22-27(25,26)17-11(3)16(23-8-4-5-15(17)23)18(24)21-12-6-7-13(19)14(20)9-12/h4-7,9-10,22H,8H2,1-3H3,(H,21,24). The highest BCUT2D eigenvalue weighted by molar-refractivity contribution is 7.89. The fourth-order valence-electron chi connectivity index (χ4n) is 3.14. The van der Waals surface area contributed by atoms with E-state index in [9.17, 15) is 22.0 Å². The van der Waals surface area contributed by atoms with Gasteiger partial charge in [0.1, 0.15) is 10.6 Å². The first kappa shape index (κ1) is 19.2. The van der Waals surface area contributed by atoms with Gasteiger partial charge in [-0.05, 0) is 39.0 Å². The third kappa shape index (κ3) is 3.52. The number of hydrogen-bond acceptors (Lipinski definition) is 3. The first-order valence-electron chi connectivity index (χ1n) is 8.30. The third-order valence-electron chi connectivity index (χ3n) is 4.10. The number of aromatic nitrogens is 1. The topological polar surface area (TPSA) is 80.2 Å². The van der Waals surface area contributed by atoms with Crippen LogP contribution in [-0.2, 0) is 16.6 Å². The first-order valence-corrected chi connectivity index (χ1v) is 9.78. The Morgan fingerprint density at radius 3 is 2.56 bits per heavy atom. The largest absolute Gasteiger partial charge is 0.332 e. The molecule has 6 nitrogen and oxygen atoms in total. The number of fused-ring (bicyclic) bond motifs is 1. The molecular formula is C18H19F2N3O3S. The van der Waals surface area contributed by atoms with Gasteiger partial charge in [-0.15, -0.1) is 0 Å². The molecule has 0 unspecified atom stereocenters. The number of anilines is 1. The number of rotatable bonds is 5. The maximum Gasteiger partial charge on any atom is 0.272 e. The minimum absolute atomic E-state index is 0.0420. The van der Waals surface area contributed by atoms with Crippen LogP contribution >= 0.6 is 0 Å². The van der Waals surface area contributed by atoms with Crippen LogP contribution in [0.3, 0.4) is 0 Å². The molecule has 0 aliphatic carbocycles. The van der Waals surface area contributed by atoms with Crippen LogP contribution in [-0.4, -0.2) is 24.9 Å². The minimum atomic E-state index is -3.83. The van der Waals surface area contributed by atoms with Gasteiger partial charge in [0.05, 0.1) is 5.69 Å². The van der Waals surface area contributed by atoms with Gasteiger partial charge in [-0.3, -0.25) is 4.79 Å². The molecule has 0 atom stereocenters. The fraction of sp³-hybridized carbons (Fsp3) is 0.278. The van der Waals surface area contributed by atoms with Gasteiger partial charge in [0, 0.05) is 29.9 Å². The average molecular weight is 395 g/mol. The summed E-state index contributed by atoms with van der Waals surface area (Å²) >= 11 is 0. The molecule has 1 aromatic heterocycles. The fourth-order valence-corrected chi connectivity index (χ4v) is 4.83. The molecule has 0 saturated heterocycles. The van der Waals surface area contributed by atoms with Gasteiger partial charge in [0.25, 0.3) is 5.91 Å². The number of amides is 1. The number of sulfonamides is 1. The van der Waals surface area contributed by atoms with Crippen molar-refractivity contribution in [3.8, 4) is 0 Å². The first-order chi connectivity index (χ1) is 12.6. The zero-order valence-electron chi connectivity index (χ0n) is 15.0. The van der Waals surface area contributed by atoms with Crippen LogP contribution in [0.5, 0.6) is 0 Å². The summed E-state index contributed by atoms with van der Waals surface area (Å²) in [5, 5.41) is 2.49. The highest BCUT2D eigenvalue weighted by Crippen LogP contribution is 2.32. The van der Waals surface area contributed by atoms with Crippen molar-refractivity contribution in [3.05, 3.63) is 52.9 Å². The van der Waals surface area contributed by atoms with Crippen molar-refractivity contribution in [2.24, 2.45) is 0 Å². The maximum atomic E-state index is 13.4. The van der Waals surface area contributed by atoms with Gasteiger partial charge < -0.3 is 9.88 Å². The Kier molecular flexibility index (Phi) is 4.92. The van der Waals surface area contributed by atoms with Crippen molar-refractivity contribution >= 4 is 27.7 Å². The Labute approximate surface area is 155 Å². The van der Waals surface area contributed by atoms with Gasteiger partial charge in [-0.2, -0.15) is 0 Å². The van der Waals surface area contributed by atoms with Crippen LogP contribution in [0, 0.1) is 18.6 Å². The second-order valence-corrected chi connectivity index (χ2v) is 8.21. The number of nitrogens with one attached hydrogen (secondary N) is 2. The minimum Gasteiger partial charge on any atom is -0.332 e. The van der Waals surface area contributed by atoms with E-state index >= 15 is 0 Å². The molecular weight excluding hydrogens is 376 g/mol. The molecule has 0 bridgehead atoms. The normalized spacial score (nSPS) is 13.3. The lowest BCUT2D eigenvalue weighted by molar-refractivity contribution is 0.101. The Hall–Kier alpha value is -2.52. The number of allylic oxidation sites excluding steroid dienone is 1. The number of hydrogen-bond donors (Lipinski definition) is 2. The van der Waals surface area contributed by atoms with Gasteiger partial charge in [-0.25, -0.2) is 21.9 Å². The molecule has 1 aromatic carbocycles. The van der Waals surface area contributed by atoms with Gasteiger partial charge in [-0.1, -0.05) is 6.08 Å². The van der Waals surface area contributed by atoms with Gasteiger partial charge >= 0.3 is 0 Å². The van der Waals surface area contributed by atoms with E-state index in [1.54, 1.807) is 37.5 Å². The molecule has 0 saturated carbocycles. The van der Waals surface area contributed by atoms with Crippen LogP contribution in [0.15, 0.2) is 29.2 Å². The second-order valence-electron chi connectivity index (χ2n) is 6.56. The van der Waals surface area contributed by atoms with Crippen LogP contribution in [0.1, 0.15) is 35.6 Å². The summed E-state index contributed by atoms with van der Waals surface area (Å²) in [6, 6.07) is 2.70. The van der Waals surface area contributed by atoms with Crippen molar-refractivity contribution < 1.29 is 22.0 Å². The predicted molar refractivity (Wildman–Crippen MR) is 98.0 cm³/mol. The van der Waals surface area contributed by atoms with E-state index in [0.717, 1.165) is 12.1 Å². The number of benzene rings is 1. The molecule has 3 rings (SSSR count). The molecule has 144 valence electrons. The predicted octanol–water partition coefficient (Wildman–Crippen LogP) is 3.04. The summed E-state index contributed by atoms with van der Waals surface area (Å²) in [6.45, 7) is 5.30. The number of carbonyl (C=O) groups excluding carboxylic acids is 1. The van der Waals surface area contributed by atoms with Gasteiger partial charge in [0.15, 0.2) is 11.6 Å². The smallest absolute Gasteiger partial charge is 0.272 e. The van der Waals surface area contributed by atoms with Crippen molar-refractivity contribution in [1.29, 1.82) is 0 Å². The van der Waals surface area contributed by atoms with E-state index in [2.05, 4.69) is 10.0 Å². The summed E-state index contributed by atoms with van der Waals surface area (Å²) < 4.78 is 56.0. The molecule has 2 heterocycles. The van der Waals surface area contributed by atoms with Crippen molar-refractivity contribution in [2.45, 2.75) is 38.3 Å².